The Hall–Kier alpha value is -1.44. The number of amides is 1. The quantitative estimate of drug-likeness (QED) is 0.572. The number of sulfonamides is 1. The average molecular weight is 368 g/mol. The smallest absolute Gasteiger partial charge is 0.251 e. The second kappa shape index (κ2) is 9.31. The summed E-state index contributed by atoms with van der Waals surface area (Å²) in [5, 5.41) is 3.07. The predicted molar refractivity (Wildman–Crippen MR) is 97.2 cm³/mol. The molecule has 0 unspecified atom stereocenters. The van der Waals surface area contributed by atoms with E-state index in [1.54, 1.807) is 6.07 Å². The van der Waals surface area contributed by atoms with Crippen molar-refractivity contribution in [3.05, 3.63) is 29.3 Å². The fourth-order valence-electron chi connectivity index (χ4n) is 3.06. The van der Waals surface area contributed by atoms with Crippen molar-refractivity contribution < 1.29 is 17.9 Å². The Balaban J connectivity index is 2.13. The van der Waals surface area contributed by atoms with Gasteiger partial charge in [0.2, 0.25) is 10.0 Å². The van der Waals surface area contributed by atoms with Crippen molar-refractivity contribution in [1.82, 2.24) is 10.0 Å². The number of rotatable bonds is 7. The highest BCUT2D eigenvalue weighted by Gasteiger charge is 2.20. The molecule has 1 amide bonds. The van der Waals surface area contributed by atoms with Gasteiger partial charge in [-0.15, -0.1) is 0 Å². The van der Waals surface area contributed by atoms with E-state index in [9.17, 15) is 13.2 Å². The lowest BCUT2D eigenvalue weighted by Crippen LogP contribution is -2.35. The van der Waals surface area contributed by atoms with Crippen LogP contribution in [-0.2, 0) is 14.8 Å². The van der Waals surface area contributed by atoms with Crippen LogP contribution >= 0.6 is 0 Å². The van der Waals surface area contributed by atoms with E-state index in [0.29, 0.717) is 12.2 Å². The Kier molecular flexibility index (Phi) is 7.40. The lowest BCUT2D eigenvalue weighted by atomic mass is 10.1. The standard InChI is InChI=1S/C18H28N2O4S/c1-14-9-10-16(25(22,23)19-11-12-24-2)13-17(14)18(21)20-15-7-5-3-4-6-8-15/h9-10,13,15,19H,3-8,11-12H2,1-2H3,(H,20,21). The van der Waals surface area contributed by atoms with Gasteiger partial charge in [0, 0.05) is 25.3 Å². The minimum atomic E-state index is -3.65. The summed E-state index contributed by atoms with van der Waals surface area (Å²) < 4.78 is 32.0. The Bertz CT molecular complexity index is 680. The highest BCUT2D eigenvalue weighted by molar-refractivity contribution is 7.89. The number of methoxy groups -OCH3 is 1. The first-order valence-electron chi connectivity index (χ1n) is 8.84. The topological polar surface area (TPSA) is 84.5 Å². The van der Waals surface area contributed by atoms with E-state index in [1.165, 1.54) is 32.1 Å². The summed E-state index contributed by atoms with van der Waals surface area (Å²) in [6.45, 7) is 2.30. The molecular formula is C18H28N2O4S. The number of ether oxygens (including phenoxy) is 1. The molecule has 2 N–H and O–H groups in total. The van der Waals surface area contributed by atoms with Crippen molar-refractivity contribution in [2.24, 2.45) is 0 Å². The predicted octanol–water partition coefficient (Wildman–Crippen LogP) is 2.37. The molecule has 140 valence electrons. The molecule has 0 aliphatic heterocycles. The van der Waals surface area contributed by atoms with Gasteiger partial charge in [-0.05, 0) is 37.5 Å². The minimum absolute atomic E-state index is 0.0974. The van der Waals surface area contributed by atoms with Crippen LogP contribution in [0.25, 0.3) is 0 Å². The first-order valence-corrected chi connectivity index (χ1v) is 10.3. The summed E-state index contributed by atoms with van der Waals surface area (Å²) in [6, 6.07) is 4.82. The van der Waals surface area contributed by atoms with Crippen molar-refractivity contribution >= 4 is 15.9 Å². The van der Waals surface area contributed by atoms with Crippen LogP contribution < -0.4 is 10.0 Å². The molecule has 0 spiro atoms. The van der Waals surface area contributed by atoms with Gasteiger partial charge >= 0.3 is 0 Å². The number of nitrogens with one attached hydrogen (secondary N) is 2. The Labute approximate surface area is 150 Å². The van der Waals surface area contributed by atoms with E-state index >= 15 is 0 Å². The van der Waals surface area contributed by atoms with Gasteiger partial charge < -0.3 is 10.1 Å². The third-order valence-electron chi connectivity index (χ3n) is 4.55. The molecule has 0 heterocycles. The van der Waals surface area contributed by atoms with Gasteiger partial charge in [-0.25, -0.2) is 13.1 Å². The molecule has 0 radical (unpaired) electrons. The minimum Gasteiger partial charge on any atom is -0.383 e. The molecule has 6 nitrogen and oxygen atoms in total. The largest absolute Gasteiger partial charge is 0.383 e. The average Bonchev–Trinajstić information content (AvgIpc) is 2.83. The van der Waals surface area contributed by atoms with Gasteiger partial charge in [0.1, 0.15) is 0 Å². The van der Waals surface area contributed by atoms with Gasteiger partial charge in [0.05, 0.1) is 11.5 Å². The molecule has 1 fully saturated rings. The maximum Gasteiger partial charge on any atom is 0.251 e. The van der Waals surface area contributed by atoms with Crippen LogP contribution in [0.4, 0.5) is 0 Å². The molecule has 1 saturated carbocycles. The number of aryl methyl sites for hydroxylation is 1. The zero-order valence-corrected chi connectivity index (χ0v) is 15.8. The van der Waals surface area contributed by atoms with Gasteiger partial charge in [-0.3, -0.25) is 4.79 Å². The number of carbonyl (C=O) groups is 1. The van der Waals surface area contributed by atoms with Crippen LogP contribution in [0.5, 0.6) is 0 Å². The Morgan fingerprint density at radius 2 is 1.88 bits per heavy atom. The first kappa shape index (κ1) is 19.9. The van der Waals surface area contributed by atoms with Crippen LogP contribution in [0.2, 0.25) is 0 Å². The van der Waals surface area contributed by atoms with Crippen molar-refractivity contribution in [2.45, 2.75) is 56.4 Å². The summed E-state index contributed by atoms with van der Waals surface area (Å²) in [6.07, 6.45) is 6.66. The van der Waals surface area contributed by atoms with Crippen molar-refractivity contribution in [3.8, 4) is 0 Å². The van der Waals surface area contributed by atoms with Crippen LogP contribution in [-0.4, -0.2) is 40.6 Å². The first-order chi connectivity index (χ1) is 11.9. The third kappa shape index (κ3) is 5.80. The summed E-state index contributed by atoms with van der Waals surface area (Å²) in [5.41, 5.74) is 1.18. The summed E-state index contributed by atoms with van der Waals surface area (Å²) >= 11 is 0. The monoisotopic (exact) mass is 368 g/mol. The normalized spacial score (nSPS) is 16.4. The van der Waals surface area contributed by atoms with Crippen molar-refractivity contribution in [2.75, 3.05) is 20.3 Å². The lowest BCUT2D eigenvalue weighted by molar-refractivity contribution is 0.0932. The molecule has 0 atom stereocenters. The van der Waals surface area contributed by atoms with Gasteiger partial charge in [-0.2, -0.15) is 0 Å². The van der Waals surface area contributed by atoms with E-state index in [1.807, 2.05) is 6.92 Å². The van der Waals surface area contributed by atoms with E-state index < -0.39 is 10.0 Å². The Morgan fingerprint density at radius 1 is 1.20 bits per heavy atom. The van der Waals surface area contributed by atoms with Gasteiger partial charge in [0.15, 0.2) is 0 Å². The molecule has 1 aromatic carbocycles. The molecule has 0 aromatic heterocycles. The molecule has 1 aliphatic rings. The fraction of sp³-hybridized carbons (Fsp3) is 0.611. The lowest BCUT2D eigenvalue weighted by Gasteiger charge is -2.17. The number of carbonyl (C=O) groups excluding carboxylic acids is 1. The van der Waals surface area contributed by atoms with E-state index in [4.69, 9.17) is 4.74 Å². The summed E-state index contributed by atoms with van der Waals surface area (Å²) in [5.74, 6) is -0.196. The molecule has 25 heavy (non-hydrogen) atoms. The molecule has 0 bridgehead atoms. The van der Waals surface area contributed by atoms with Crippen molar-refractivity contribution in [3.63, 3.8) is 0 Å². The maximum atomic E-state index is 12.6. The number of benzene rings is 1. The SMILES string of the molecule is COCCNS(=O)(=O)c1ccc(C)c(C(=O)NC2CCCCCC2)c1. The zero-order chi connectivity index (χ0) is 18.3. The molecule has 7 heteroatoms. The number of hydrogen-bond donors (Lipinski definition) is 2. The fourth-order valence-corrected chi connectivity index (χ4v) is 4.10. The van der Waals surface area contributed by atoms with Crippen LogP contribution in [0.15, 0.2) is 23.1 Å². The summed E-state index contributed by atoms with van der Waals surface area (Å²) in [7, 11) is -2.14. The molecule has 2 rings (SSSR count). The van der Waals surface area contributed by atoms with Gasteiger partial charge in [0.25, 0.3) is 5.91 Å². The second-order valence-electron chi connectivity index (χ2n) is 6.53. The van der Waals surface area contributed by atoms with E-state index in [2.05, 4.69) is 10.0 Å². The van der Waals surface area contributed by atoms with E-state index in [-0.39, 0.29) is 23.4 Å². The molecule has 0 saturated heterocycles. The second-order valence-corrected chi connectivity index (χ2v) is 8.30. The highest BCUT2D eigenvalue weighted by atomic mass is 32.2. The Morgan fingerprint density at radius 3 is 2.52 bits per heavy atom. The third-order valence-corrected chi connectivity index (χ3v) is 6.01. The molecule has 1 aromatic rings. The summed E-state index contributed by atoms with van der Waals surface area (Å²) in [4.78, 5) is 12.7. The van der Waals surface area contributed by atoms with Crippen molar-refractivity contribution in [1.29, 1.82) is 0 Å². The molecule has 1 aliphatic carbocycles. The molecular weight excluding hydrogens is 340 g/mol. The van der Waals surface area contributed by atoms with Crippen LogP contribution in [0, 0.1) is 6.92 Å². The maximum absolute atomic E-state index is 12.6. The van der Waals surface area contributed by atoms with Gasteiger partial charge in [-0.1, -0.05) is 31.7 Å². The van der Waals surface area contributed by atoms with Crippen LogP contribution in [0.3, 0.4) is 0 Å². The van der Waals surface area contributed by atoms with Crippen LogP contribution in [0.1, 0.15) is 54.4 Å². The van der Waals surface area contributed by atoms with E-state index in [0.717, 1.165) is 31.2 Å². The zero-order valence-electron chi connectivity index (χ0n) is 15.0. The highest BCUT2D eigenvalue weighted by Crippen LogP contribution is 2.19. The number of hydrogen-bond acceptors (Lipinski definition) is 4.